The van der Waals surface area contributed by atoms with E-state index >= 15 is 0 Å². The molecule has 1 spiro atoms. The fraction of sp³-hybridized carbons (Fsp3) is 1.00. The first-order chi connectivity index (χ1) is 13.3. The average Bonchev–Trinajstić information content (AvgIpc) is 3.26. The Kier molecular flexibility index (Phi) is 4.78. The molecule has 4 aliphatic carbocycles. The number of fused-ring (bicyclic) bond motifs is 4. The van der Waals surface area contributed by atoms with Gasteiger partial charge in [0, 0.05) is 5.41 Å². The summed E-state index contributed by atoms with van der Waals surface area (Å²) in [6.45, 7) is 12.8. The standard InChI is InChI=1S/C27H46O/c1-18(2)8-6-9-19(3)21-11-12-22-20-13-17-27-24(28-27)10-7-15-26(27,5)23(20)14-16-25(21,22)4/h18-24H,6-17H2,1-5H3/t19-,20-,21-,22+,23-,24+,25+,26+,27+/m0/s1. The van der Waals surface area contributed by atoms with Gasteiger partial charge in [0.15, 0.2) is 0 Å². The van der Waals surface area contributed by atoms with E-state index in [0.29, 0.717) is 22.5 Å². The van der Waals surface area contributed by atoms with Gasteiger partial charge in [-0.25, -0.2) is 0 Å². The highest BCUT2D eigenvalue weighted by Gasteiger charge is 2.73. The van der Waals surface area contributed by atoms with Gasteiger partial charge in [-0.2, -0.15) is 0 Å². The van der Waals surface area contributed by atoms with E-state index in [1.807, 2.05) is 0 Å². The van der Waals surface area contributed by atoms with Crippen LogP contribution in [0.2, 0.25) is 0 Å². The van der Waals surface area contributed by atoms with Gasteiger partial charge in [-0.05, 0) is 92.3 Å². The van der Waals surface area contributed by atoms with Crippen molar-refractivity contribution in [2.45, 2.75) is 123 Å². The summed E-state index contributed by atoms with van der Waals surface area (Å²) in [7, 11) is 0. The molecule has 4 saturated carbocycles. The quantitative estimate of drug-likeness (QED) is 0.442. The topological polar surface area (TPSA) is 12.5 Å². The first-order valence-corrected chi connectivity index (χ1v) is 13.0. The van der Waals surface area contributed by atoms with Gasteiger partial charge in [-0.3, -0.25) is 0 Å². The Morgan fingerprint density at radius 2 is 1.68 bits per heavy atom. The maximum Gasteiger partial charge on any atom is 0.100 e. The lowest BCUT2D eigenvalue weighted by molar-refractivity contribution is -0.115. The molecule has 28 heavy (non-hydrogen) atoms. The number of ether oxygens (including phenoxy) is 1. The minimum Gasteiger partial charge on any atom is -0.365 e. The smallest absolute Gasteiger partial charge is 0.100 e. The second-order valence-corrected chi connectivity index (χ2v) is 12.8. The molecular weight excluding hydrogens is 340 g/mol. The lowest BCUT2D eigenvalue weighted by Gasteiger charge is -2.60. The van der Waals surface area contributed by atoms with Crippen LogP contribution < -0.4 is 0 Å². The predicted octanol–water partition coefficient (Wildman–Crippen LogP) is 7.63. The van der Waals surface area contributed by atoms with Gasteiger partial charge in [0.1, 0.15) is 5.60 Å². The van der Waals surface area contributed by atoms with Gasteiger partial charge in [0.05, 0.1) is 6.10 Å². The minimum atomic E-state index is 0.322. The van der Waals surface area contributed by atoms with E-state index in [1.54, 1.807) is 0 Å². The van der Waals surface area contributed by atoms with Crippen LogP contribution in [0.4, 0.5) is 0 Å². The van der Waals surface area contributed by atoms with E-state index in [2.05, 4.69) is 34.6 Å². The fourth-order valence-electron chi connectivity index (χ4n) is 9.77. The molecule has 1 nitrogen and oxygen atoms in total. The molecule has 0 amide bonds. The Bertz CT molecular complexity index is 597. The van der Waals surface area contributed by atoms with Crippen molar-refractivity contribution in [2.24, 2.45) is 46.3 Å². The summed E-state index contributed by atoms with van der Waals surface area (Å²) in [4.78, 5) is 0. The first-order valence-electron chi connectivity index (χ1n) is 13.0. The van der Waals surface area contributed by atoms with Crippen molar-refractivity contribution in [1.29, 1.82) is 0 Å². The molecule has 0 unspecified atom stereocenters. The zero-order valence-electron chi connectivity index (χ0n) is 19.4. The molecule has 0 N–H and O–H groups in total. The van der Waals surface area contributed by atoms with Crippen molar-refractivity contribution in [3.05, 3.63) is 0 Å². The third kappa shape index (κ3) is 2.66. The summed E-state index contributed by atoms with van der Waals surface area (Å²) in [5, 5.41) is 0. The van der Waals surface area contributed by atoms with Gasteiger partial charge in [-0.1, -0.05) is 60.3 Å². The van der Waals surface area contributed by atoms with Gasteiger partial charge < -0.3 is 4.74 Å². The fourth-order valence-corrected chi connectivity index (χ4v) is 9.77. The van der Waals surface area contributed by atoms with Crippen LogP contribution >= 0.6 is 0 Å². The van der Waals surface area contributed by atoms with E-state index in [-0.39, 0.29) is 0 Å². The number of epoxide rings is 1. The lowest BCUT2D eigenvalue weighted by Crippen LogP contribution is -2.57. The van der Waals surface area contributed by atoms with E-state index < -0.39 is 0 Å². The molecule has 5 rings (SSSR count). The van der Waals surface area contributed by atoms with Crippen LogP contribution in [0.5, 0.6) is 0 Å². The maximum atomic E-state index is 6.48. The number of rotatable bonds is 5. The second-order valence-electron chi connectivity index (χ2n) is 12.8. The molecule has 0 bridgehead atoms. The average molecular weight is 387 g/mol. The summed E-state index contributed by atoms with van der Waals surface area (Å²) >= 11 is 0. The third-order valence-corrected chi connectivity index (χ3v) is 11.3. The zero-order valence-corrected chi connectivity index (χ0v) is 19.4. The second kappa shape index (κ2) is 6.73. The molecular formula is C27H46O. The molecule has 0 aromatic carbocycles. The number of hydrogen-bond acceptors (Lipinski definition) is 1. The molecule has 1 heteroatoms. The van der Waals surface area contributed by atoms with E-state index in [4.69, 9.17) is 4.74 Å². The van der Waals surface area contributed by atoms with E-state index in [1.165, 1.54) is 77.0 Å². The Morgan fingerprint density at radius 1 is 0.857 bits per heavy atom. The Balaban J connectivity index is 1.32. The molecule has 1 aliphatic heterocycles. The van der Waals surface area contributed by atoms with Gasteiger partial charge in [0.2, 0.25) is 0 Å². The lowest BCUT2D eigenvalue weighted by atomic mass is 9.44. The van der Waals surface area contributed by atoms with Crippen molar-refractivity contribution in [2.75, 3.05) is 0 Å². The monoisotopic (exact) mass is 386 g/mol. The van der Waals surface area contributed by atoms with E-state index in [0.717, 1.165) is 35.5 Å². The molecule has 5 fully saturated rings. The van der Waals surface area contributed by atoms with Gasteiger partial charge in [-0.15, -0.1) is 0 Å². The Hall–Kier alpha value is -0.0400. The van der Waals surface area contributed by atoms with Crippen molar-refractivity contribution < 1.29 is 4.74 Å². The highest BCUT2D eigenvalue weighted by molar-refractivity contribution is 5.22. The Morgan fingerprint density at radius 3 is 2.46 bits per heavy atom. The van der Waals surface area contributed by atoms with Crippen LogP contribution in [0.1, 0.15) is 112 Å². The van der Waals surface area contributed by atoms with Crippen LogP contribution in [0.25, 0.3) is 0 Å². The highest BCUT2D eigenvalue weighted by atomic mass is 16.6. The van der Waals surface area contributed by atoms with Gasteiger partial charge in [0.25, 0.3) is 0 Å². The van der Waals surface area contributed by atoms with Crippen LogP contribution in [0.15, 0.2) is 0 Å². The summed E-state index contributed by atoms with van der Waals surface area (Å²) in [6.07, 6.45) is 18.1. The molecule has 1 saturated heterocycles. The maximum absolute atomic E-state index is 6.48. The summed E-state index contributed by atoms with van der Waals surface area (Å²) in [6, 6.07) is 0. The summed E-state index contributed by atoms with van der Waals surface area (Å²) in [5.41, 5.74) is 1.46. The van der Waals surface area contributed by atoms with Crippen LogP contribution in [-0.2, 0) is 4.74 Å². The van der Waals surface area contributed by atoms with Crippen LogP contribution in [-0.4, -0.2) is 11.7 Å². The number of hydrogen-bond donors (Lipinski definition) is 0. The summed E-state index contributed by atoms with van der Waals surface area (Å²) < 4.78 is 6.48. The van der Waals surface area contributed by atoms with Crippen molar-refractivity contribution in [3.8, 4) is 0 Å². The summed E-state index contributed by atoms with van der Waals surface area (Å²) in [5.74, 6) is 5.77. The minimum absolute atomic E-state index is 0.322. The molecule has 0 aromatic rings. The largest absolute Gasteiger partial charge is 0.365 e. The van der Waals surface area contributed by atoms with Crippen molar-refractivity contribution >= 4 is 0 Å². The van der Waals surface area contributed by atoms with Gasteiger partial charge >= 0.3 is 0 Å². The third-order valence-electron chi connectivity index (χ3n) is 11.3. The first kappa shape index (κ1) is 19.9. The van der Waals surface area contributed by atoms with Crippen molar-refractivity contribution in [3.63, 3.8) is 0 Å². The molecule has 0 radical (unpaired) electrons. The molecule has 0 aromatic heterocycles. The molecule has 5 aliphatic rings. The molecule has 9 atom stereocenters. The van der Waals surface area contributed by atoms with Crippen LogP contribution in [0, 0.1) is 46.3 Å². The highest BCUT2D eigenvalue weighted by Crippen LogP contribution is 2.73. The molecule has 160 valence electrons. The normalized spacial score (nSPS) is 53.1. The zero-order chi connectivity index (χ0) is 19.7. The molecule has 1 heterocycles. The van der Waals surface area contributed by atoms with Crippen molar-refractivity contribution in [1.82, 2.24) is 0 Å². The SMILES string of the molecule is CC(C)CCC[C@H](C)[C@@H]1CC[C@@H]2[C@@H]3CC[C@@]45O[C@@H]4CCC[C@]5(C)[C@H]3CC[C@@]21C. The van der Waals surface area contributed by atoms with Crippen LogP contribution in [0.3, 0.4) is 0 Å². The predicted molar refractivity (Wildman–Crippen MR) is 117 cm³/mol. The Labute approximate surface area is 174 Å². The van der Waals surface area contributed by atoms with E-state index in [9.17, 15) is 0 Å².